The number of carbonyl (C=O) groups is 1. The summed E-state index contributed by atoms with van der Waals surface area (Å²) in [4.78, 5) is 24.1. The molecule has 196 valence electrons. The molecule has 3 aromatic carbocycles. The van der Waals surface area contributed by atoms with Crippen LogP contribution in [0, 0.1) is 0 Å². The number of aromatic nitrogens is 2. The van der Waals surface area contributed by atoms with Crippen LogP contribution >= 0.6 is 0 Å². The lowest BCUT2D eigenvalue weighted by atomic mass is 9.95. The van der Waals surface area contributed by atoms with Crippen molar-refractivity contribution < 1.29 is 15.4 Å². The number of fused-ring (bicyclic) bond motifs is 1. The predicted molar refractivity (Wildman–Crippen MR) is 157 cm³/mol. The Kier molecular flexibility index (Phi) is 8.06. The summed E-state index contributed by atoms with van der Waals surface area (Å²) in [6.07, 6.45) is 2.73. The largest absolute Gasteiger partial charge is 0.354 e. The SMILES string of the molecule is C[NH+](C)CCCNC(=O)c1cccc(-c2nccc3nc(-c4ccc(C[NH3+])cc4)c(-c4ccccc4)cc23)c1. The van der Waals surface area contributed by atoms with Crippen LogP contribution in [0.4, 0.5) is 0 Å². The molecule has 0 radical (unpaired) electrons. The Morgan fingerprint density at radius 2 is 1.62 bits per heavy atom. The molecule has 5 rings (SSSR count). The molecule has 5 N–H and O–H groups in total. The van der Waals surface area contributed by atoms with E-state index in [0.29, 0.717) is 12.1 Å². The molecule has 39 heavy (non-hydrogen) atoms. The molecule has 0 spiro atoms. The van der Waals surface area contributed by atoms with Crippen molar-refractivity contribution in [2.75, 3.05) is 27.2 Å². The molecule has 2 aromatic heterocycles. The minimum absolute atomic E-state index is 0.0676. The molecule has 0 atom stereocenters. The summed E-state index contributed by atoms with van der Waals surface area (Å²) < 4.78 is 0. The second-order valence-electron chi connectivity index (χ2n) is 10.1. The van der Waals surface area contributed by atoms with Crippen molar-refractivity contribution in [1.29, 1.82) is 0 Å². The Bertz CT molecular complexity index is 1580. The van der Waals surface area contributed by atoms with Crippen LogP contribution in [-0.4, -0.2) is 43.1 Å². The van der Waals surface area contributed by atoms with E-state index in [4.69, 9.17) is 9.97 Å². The fourth-order valence-corrected chi connectivity index (χ4v) is 4.77. The number of pyridine rings is 2. The molecule has 0 unspecified atom stereocenters. The van der Waals surface area contributed by atoms with Gasteiger partial charge >= 0.3 is 0 Å². The van der Waals surface area contributed by atoms with Crippen molar-refractivity contribution in [2.24, 2.45) is 0 Å². The molecule has 0 saturated heterocycles. The number of amides is 1. The number of quaternary nitrogens is 2. The smallest absolute Gasteiger partial charge is 0.251 e. The molecule has 6 heteroatoms. The van der Waals surface area contributed by atoms with Crippen molar-refractivity contribution in [3.63, 3.8) is 0 Å². The highest BCUT2D eigenvalue weighted by atomic mass is 16.1. The van der Waals surface area contributed by atoms with Gasteiger partial charge in [0.1, 0.15) is 0 Å². The first-order valence-corrected chi connectivity index (χ1v) is 13.4. The topological polar surface area (TPSA) is 87.0 Å². The van der Waals surface area contributed by atoms with Crippen molar-refractivity contribution in [3.8, 4) is 33.6 Å². The molecular formula is C33H35N5O+2. The van der Waals surface area contributed by atoms with E-state index in [0.717, 1.165) is 64.1 Å². The molecule has 0 aliphatic heterocycles. The minimum atomic E-state index is -0.0676. The van der Waals surface area contributed by atoms with E-state index in [1.165, 1.54) is 10.5 Å². The van der Waals surface area contributed by atoms with Gasteiger partial charge in [0.25, 0.3) is 5.91 Å². The molecular weight excluding hydrogens is 482 g/mol. The third-order valence-electron chi connectivity index (χ3n) is 6.88. The van der Waals surface area contributed by atoms with E-state index in [1.54, 1.807) is 6.20 Å². The van der Waals surface area contributed by atoms with Gasteiger partial charge in [-0.3, -0.25) is 9.78 Å². The van der Waals surface area contributed by atoms with E-state index >= 15 is 0 Å². The Balaban J connectivity index is 1.57. The van der Waals surface area contributed by atoms with Crippen LogP contribution in [0.25, 0.3) is 44.5 Å². The van der Waals surface area contributed by atoms with Gasteiger partial charge in [-0.25, -0.2) is 4.98 Å². The standard InChI is InChI=1S/C33H33N5O/c1-38(2)19-7-17-36-33(39)27-11-6-10-26(20-27)31-29-21-28(24-8-4-3-5-9-24)32(37-30(29)16-18-35-31)25-14-12-23(22-34)13-15-25/h3-6,8-16,18,20-21H,7,17,19,22,34H2,1-2H3,(H,36,39)/p+2. The third-order valence-corrected chi connectivity index (χ3v) is 6.88. The van der Waals surface area contributed by atoms with E-state index in [9.17, 15) is 4.79 Å². The number of carbonyl (C=O) groups excluding carboxylic acids is 1. The predicted octanol–water partition coefficient (Wildman–Crippen LogP) is 3.64. The van der Waals surface area contributed by atoms with Crippen molar-refractivity contribution in [3.05, 3.63) is 108 Å². The molecule has 2 heterocycles. The zero-order valence-electron chi connectivity index (χ0n) is 22.6. The Morgan fingerprint density at radius 3 is 2.36 bits per heavy atom. The van der Waals surface area contributed by atoms with Crippen molar-refractivity contribution in [1.82, 2.24) is 15.3 Å². The highest BCUT2D eigenvalue weighted by molar-refractivity contribution is 6.00. The highest BCUT2D eigenvalue weighted by Gasteiger charge is 2.16. The summed E-state index contributed by atoms with van der Waals surface area (Å²) >= 11 is 0. The number of nitrogens with zero attached hydrogens (tertiary/aromatic N) is 2. The third kappa shape index (κ3) is 6.03. The molecule has 5 aromatic rings. The van der Waals surface area contributed by atoms with Gasteiger partial charge in [0.2, 0.25) is 0 Å². The van der Waals surface area contributed by atoms with Gasteiger partial charge in [0.15, 0.2) is 0 Å². The Morgan fingerprint density at radius 1 is 0.846 bits per heavy atom. The molecule has 0 bridgehead atoms. The molecule has 0 saturated carbocycles. The fraction of sp³-hybridized carbons (Fsp3) is 0.182. The summed E-state index contributed by atoms with van der Waals surface area (Å²) in [6.45, 7) is 2.42. The molecule has 1 amide bonds. The molecule has 0 aliphatic carbocycles. The lowest BCUT2D eigenvalue weighted by molar-refractivity contribution is -0.858. The Hall–Kier alpha value is -4.39. The van der Waals surface area contributed by atoms with Crippen molar-refractivity contribution in [2.45, 2.75) is 13.0 Å². The lowest BCUT2D eigenvalue weighted by Crippen LogP contribution is -3.05. The maximum atomic E-state index is 12.9. The summed E-state index contributed by atoms with van der Waals surface area (Å²) in [5, 5.41) is 3.99. The normalized spacial score (nSPS) is 11.2. The maximum absolute atomic E-state index is 12.9. The van der Waals surface area contributed by atoms with Crippen LogP contribution in [0.5, 0.6) is 0 Å². The van der Waals surface area contributed by atoms with Crippen LogP contribution < -0.4 is 16.0 Å². The van der Waals surface area contributed by atoms with E-state index in [-0.39, 0.29) is 5.91 Å². The summed E-state index contributed by atoms with van der Waals surface area (Å²) in [5.74, 6) is -0.0676. The number of rotatable bonds is 9. The summed E-state index contributed by atoms with van der Waals surface area (Å²) in [5.41, 5.74) is 12.5. The Labute approximate surface area is 229 Å². The lowest BCUT2D eigenvalue weighted by Gasteiger charge is -2.14. The first-order valence-electron chi connectivity index (χ1n) is 13.4. The first-order chi connectivity index (χ1) is 19.0. The fourth-order valence-electron chi connectivity index (χ4n) is 4.77. The average molecular weight is 518 g/mol. The van der Waals surface area contributed by atoms with Crippen LogP contribution in [-0.2, 0) is 6.54 Å². The van der Waals surface area contributed by atoms with Crippen LogP contribution in [0.1, 0.15) is 22.3 Å². The van der Waals surface area contributed by atoms with Gasteiger partial charge in [-0.15, -0.1) is 0 Å². The van der Waals surface area contributed by atoms with Gasteiger partial charge in [-0.05, 0) is 29.8 Å². The maximum Gasteiger partial charge on any atom is 0.251 e. The van der Waals surface area contributed by atoms with E-state index < -0.39 is 0 Å². The zero-order chi connectivity index (χ0) is 27.2. The zero-order valence-corrected chi connectivity index (χ0v) is 22.6. The van der Waals surface area contributed by atoms with Crippen LogP contribution in [0.15, 0.2) is 97.2 Å². The van der Waals surface area contributed by atoms with Gasteiger partial charge in [-0.2, -0.15) is 0 Å². The quantitative estimate of drug-likeness (QED) is 0.261. The van der Waals surface area contributed by atoms with Crippen LogP contribution in [0.3, 0.4) is 0 Å². The number of benzene rings is 3. The average Bonchev–Trinajstić information content (AvgIpc) is 2.98. The second-order valence-corrected chi connectivity index (χ2v) is 10.1. The van der Waals surface area contributed by atoms with Gasteiger partial charge in [-0.1, -0.05) is 66.7 Å². The molecule has 0 fully saturated rings. The summed E-state index contributed by atoms with van der Waals surface area (Å²) in [7, 11) is 4.23. The van der Waals surface area contributed by atoms with Gasteiger partial charge in [0.05, 0.1) is 44.1 Å². The first kappa shape index (κ1) is 26.2. The van der Waals surface area contributed by atoms with E-state index in [2.05, 4.69) is 67.6 Å². The highest BCUT2D eigenvalue weighted by Crippen LogP contribution is 2.36. The van der Waals surface area contributed by atoms with Gasteiger partial charge < -0.3 is 16.0 Å². The monoisotopic (exact) mass is 517 g/mol. The summed E-state index contributed by atoms with van der Waals surface area (Å²) in [6, 6.07) is 30.6. The van der Waals surface area contributed by atoms with Crippen LogP contribution in [0.2, 0.25) is 0 Å². The minimum Gasteiger partial charge on any atom is -0.354 e. The second kappa shape index (κ2) is 12.0. The van der Waals surface area contributed by atoms with Gasteiger partial charge in [0, 0.05) is 52.4 Å². The number of hydrogen-bond acceptors (Lipinski definition) is 3. The number of nitrogens with one attached hydrogen (secondary N) is 2. The number of hydrogen-bond donors (Lipinski definition) is 3. The van der Waals surface area contributed by atoms with Crippen molar-refractivity contribution >= 4 is 16.8 Å². The molecule has 0 aliphatic rings. The van der Waals surface area contributed by atoms with E-state index in [1.807, 2.05) is 48.5 Å². The molecule has 6 nitrogen and oxygen atoms in total.